The second-order valence-electron chi connectivity index (χ2n) is 8.26. The van der Waals surface area contributed by atoms with Gasteiger partial charge in [-0.25, -0.2) is 4.39 Å². The number of rotatable bonds is 7. The van der Waals surface area contributed by atoms with Gasteiger partial charge in [0.15, 0.2) is 0 Å². The minimum atomic E-state index is -0.423. The van der Waals surface area contributed by atoms with E-state index in [9.17, 15) is 14.0 Å². The first-order valence-corrected chi connectivity index (χ1v) is 12.2. The van der Waals surface area contributed by atoms with Gasteiger partial charge in [-0.1, -0.05) is 43.7 Å². The summed E-state index contributed by atoms with van der Waals surface area (Å²) in [5, 5.41) is 2.59. The normalized spacial score (nSPS) is 15.7. The third kappa shape index (κ3) is 5.28. The van der Waals surface area contributed by atoms with Crippen molar-refractivity contribution in [3.8, 4) is 0 Å². The Labute approximate surface area is 198 Å². The molecule has 4 rings (SSSR count). The summed E-state index contributed by atoms with van der Waals surface area (Å²) < 4.78 is 14.6. The third-order valence-corrected chi connectivity index (χ3v) is 6.91. The standard InChI is InChI=1S/C27H27FN2O2S/c1-3-4-6-19-10-12-20(13-11-19)26(32)29-22-8-5-7-21(16-22)27-30(25(31)17-33-27)24-15-18(2)9-14-23(24)28/h5,7-16,27H,3-4,6,17H2,1-2H3,(H,29,32). The van der Waals surface area contributed by atoms with Crippen LogP contribution in [0.25, 0.3) is 0 Å². The van der Waals surface area contributed by atoms with Crippen molar-refractivity contribution in [3.05, 3.63) is 94.8 Å². The van der Waals surface area contributed by atoms with Crippen LogP contribution in [0.4, 0.5) is 15.8 Å². The molecule has 4 nitrogen and oxygen atoms in total. The molecule has 0 aliphatic carbocycles. The van der Waals surface area contributed by atoms with E-state index in [-0.39, 0.29) is 28.6 Å². The Bertz CT molecular complexity index is 1160. The second-order valence-corrected chi connectivity index (χ2v) is 9.33. The van der Waals surface area contributed by atoms with Gasteiger partial charge in [0.25, 0.3) is 5.91 Å². The minimum absolute atomic E-state index is 0.132. The van der Waals surface area contributed by atoms with E-state index in [0.717, 1.165) is 30.4 Å². The van der Waals surface area contributed by atoms with Crippen LogP contribution in [-0.2, 0) is 11.2 Å². The molecule has 0 bridgehead atoms. The summed E-state index contributed by atoms with van der Waals surface area (Å²) in [4.78, 5) is 26.9. The van der Waals surface area contributed by atoms with E-state index in [1.165, 1.54) is 28.3 Å². The van der Waals surface area contributed by atoms with Gasteiger partial charge in [-0.15, -0.1) is 11.8 Å². The number of benzene rings is 3. The van der Waals surface area contributed by atoms with Gasteiger partial charge in [0.1, 0.15) is 11.2 Å². The highest BCUT2D eigenvalue weighted by Crippen LogP contribution is 2.43. The van der Waals surface area contributed by atoms with Gasteiger partial charge in [0, 0.05) is 11.3 Å². The maximum absolute atomic E-state index is 14.6. The van der Waals surface area contributed by atoms with Crippen molar-refractivity contribution in [3.63, 3.8) is 0 Å². The van der Waals surface area contributed by atoms with Crippen LogP contribution < -0.4 is 10.2 Å². The minimum Gasteiger partial charge on any atom is -0.322 e. The smallest absolute Gasteiger partial charge is 0.255 e. The first-order valence-electron chi connectivity index (χ1n) is 11.2. The third-order valence-electron chi connectivity index (χ3n) is 5.69. The number of thioether (sulfide) groups is 1. The lowest BCUT2D eigenvalue weighted by Crippen LogP contribution is -2.28. The summed E-state index contributed by atoms with van der Waals surface area (Å²) in [7, 11) is 0. The molecule has 1 aliphatic heterocycles. The average Bonchev–Trinajstić information content (AvgIpc) is 3.21. The molecule has 0 spiro atoms. The monoisotopic (exact) mass is 462 g/mol. The number of hydrogen-bond acceptors (Lipinski definition) is 3. The van der Waals surface area contributed by atoms with E-state index in [1.54, 1.807) is 12.1 Å². The molecule has 0 saturated carbocycles. The van der Waals surface area contributed by atoms with Gasteiger partial charge in [0.05, 0.1) is 11.4 Å². The molecule has 1 saturated heterocycles. The van der Waals surface area contributed by atoms with E-state index in [4.69, 9.17) is 0 Å². The topological polar surface area (TPSA) is 49.4 Å². The van der Waals surface area contributed by atoms with Crippen molar-refractivity contribution >= 4 is 35.0 Å². The summed E-state index contributed by atoms with van der Waals surface area (Å²) in [6.45, 7) is 4.03. The molecule has 0 aromatic heterocycles. The van der Waals surface area contributed by atoms with E-state index < -0.39 is 5.82 Å². The first kappa shape index (κ1) is 23.1. The highest BCUT2D eigenvalue weighted by molar-refractivity contribution is 8.00. The highest BCUT2D eigenvalue weighted by Gasteiger charge is 2.35. The second kappa shape index (κ2) is 10.2. The maximum atomic E-state index is 14.6. The molecular weight excluding hydrogens is 435 g/mol. The van der Waals surface area contributed by atoms with Crippen molar-refractivity contribution in [2.45, 2.75) is 38.5 Å². The van der Waals surface area contributed by atoms with Crippen LogP contribution in [0.3, 0.4) is 0 Å². The van der Waals surface area contributed by atoms with Crippen LogP contribution >= 0.6 is 11.8 Å². The molecule has 2 amide bonds. The summed E-state index contributed by atoms with van der Waals surface area (Å²) in [6.07, 6.45) is 3.27. The van der Waals surface area contributed by atoms with E-state index in [0.29, 0.717) is 11.3 Å². The highest BCUT2D eigenvalue weighted by atomic mass is 32.2. The Morgan fingerprint density at radius 2 is 1.91 bits per heavy atom. The molecule has 0 radical (unpaired) electrons. The number of anilines is 2. The molecule has 1 heterocycles. The number of amides is 2. The number of nitrogens with zero attached hydrogens (tertiary/aromatic N) is 1. The molecule has 33 heavy (non-hydrogen) atoms. The Morgan fingerprint density at radius 1 is 1.12 bits per heavy atom. The summed E-state index contributed by atoms with van der Waals surface area (Å²) >= 11 is 1.45. The van der Waals surface area contributed by atoms with Crippen molar-refractivity contribution in [1.82, 2.24) is 0 Å². The fourth-order valence-corrected chi connectivity index (χ4v) is 5.07. The molecule has 1 aliphatic rings. The van der Waals surface area contributed by atoms with Gasteiger partial charge in [-0.05, 0) is 72.9 Å². The van der Waals surface area contributed by atoms with Crippen LogP contribution in [-0.4, -0.2) is 17.6 Å². The lowest BCUT2D eigenvalue weighted by molar-refractivity contribution is -0.115. The zero-order valence-electron chi connectivity index (χ0n) is 18.8. The Balaban J connectivity index is 1.53. The molecule has 3 aromatic rings. The predicted octanol–water partition coefficient (Wildman–Crippen LogP) is 6.51. The van der Waals surface area contributed by atoms with Crippen molar-refractivity contribution < 1.29 is 14.0 Å². The van der Waals surface area contributed by atoms with Crippen molar-refractivity contribution in [2.24, 2.45) is 0 Å². The Kier molecular flexibility index (Phi) is 7.14. The van der Waals surface area contributed by atoms with Crippen LogP contribution in [0, 0.1) is 12.7 Å². The number of halogens is 1. The predicted molar refractivity (Wildman–Crippen MR) is 133 cm³/mol. The van der Waals surface area contributed by atoms with E-state index in [2.05, 4.69) is 12.2 Å². The van der Waals surface area contributed by atoms with Crippen LogP contribution in [0.2, 0.25) is 0 Å². The molecule has 1 unspecified atom stereocenters. The van der Waals surface area contributed by atoms with Crippen molar-refractivity contribution in [2.75, 3.05) is 16.0 Å². The zero-order valence-corrected chi connectivity index (χ0v) is 19.6. The number of unbranched alkanes of at least 4 members (excludes halogenated alkanes) is 1. The molecule has 1 atom stereocenters. The van der Waals surface area contributed by atoms with Crippen LogP contribution in [0.1, 0.15) is 52.2 Å². The van der Waals surface area contributed by atoms with E-state index in [1.807, 2.05) is 55.5 Å². The molecule has 1 fully saturated rings. The number of aryl methyl sites for hydroxylation is 2. The lowest BCUT2D eigenvalue weighted by Gasteiger charge is -2.25. The van der Waals surface area contributed by atoms with Crippen LogP contribution in [0.5, 0.6) is 0 Å². The number of nitrogens with one attached hydrogen (secondary N) is 1. The zero-order chi connectivity index (χ0) is 23.4. The fraction of sp³-hybridized carbons (Fsp3) is 0.259. The van der Waals surface area contributed by atoms with Crippen molar-refractivity contribution in [1.29, 1.82) is 0 Å². The fourth-order valence-electron chi connectivity index (χ4n) is 3.92. The number of carbonyl (C=O) groups excluding carboxylic acids is 2. The SMILES string of the molecule is CCCCc1ccc(C(=O)Nc2cccc(C3SCC(=O)N3c3cc(C)ccc3F)c2)cc1. The quantitative estimate of drug-likeness (QED) is 0.436. The molecule has 170 valence electrons. The van der Waals surface area contributed by atoms with Gasteiger partial charge in [0.2, 0.25) is 5.91 Å². The number of hydrogen-bond donors (Lipinski definition) is 1. The van der Waals surface area contributed by atoms with E-state index >= 15 is 0 Å². The Morgan fingerprint density at radius 3 is 2.67 bits per heavy atom. The molecular formula is C27H27FN2O2S. The molecule has 3 aromatic carbocycles. The van der Waals surface area contributed by atoms with Crippen LogP contribution in [0.15, 0.2) is 66.7 Å². The maximum Gasteiger partial charge on any atom is 0.255 e. The largest absolute Gasteiger partial charge is 0.322 e. The lowest BCUT2D eigenvalue weighted by atomic mass is 10.1. The van der Waals surface area contributed by atoms with Gasteiger partial charge >= 0.3 is 0 Å². The number of carbonyl (C=O) groups is 2. The average molecular weight is 463 g/mol. The summed E-state index contributed by atoms with van der Waals surface area (Å²) in [6, 6.07) is 19.9. The molecule has 6 heteroatoms. The summed E-state index contributed by atoms with van der Waals surface area (Å²) in [5.74, 6) is -0.467. The molecule has 1 N–H and O–H groups in total. The van der Waals surface area contributed by atoms with Gasteiger partial charge < -0.3 is 5.32 Å². The van der Waals surface area contributed by atoms with Gasteiger partial charge in [-0.3, -0.25) is 14.5 Å². The summed E-state index contributed by atoms with van der Waals surface area (Å²) in [5.41, 5.74) is 4.46. The van der Waals surface area contributed by atoms with Gasteiger partial charge in [-0.2, -0.15) is 0 Å². The Hall–Kier alpha value is -3.12. The first-order chi connectivity index (χ1) is 16.0.